The number of alkyl halides is 5. The summed E-state index contributed by atoms with van der Waals surface area (Å²) in [6.07, 6.45) is -5.89. The predicted molar refractivity (Wildman–Crippen MR) is 153 cm³/mol. The van der Waals surface area contributed by atoms with Crippen LogP contribution in [0.1, 0.15) is 66.9 Å². The van der Waals surface area contributed by atoms with Crippen LogP contribution in [-0.2, 0) is 17.8 Å². The molecule has 0 spiro atoms. The summed E-state index contributed by atoms with van der Waals surface area (Å²) in [7, 11) is 0. The number of anilines is 1. The minimum Gasteiger partial charge on any atom is -0.471 e. The van der Waals surface area contributed by atoms with Crippen LogP contribution in [0.25, 0.3) is 0 Å². The first-order valence-corrected chi connectivity index (χ1v) is 14.5. The van der Waals surface area contributed by atoms with Crippen LogP contribution in [0.3, 0.4) is 0 Å². The molecule has 234 valence electrons. The Morgan fingerprint density at radius 2 is 1.86 bits per heavy atom. The molecule has 15 heteroatoms. The van der Waals surface area contributed by atoms with Gasteiger partial charge in [-0.25, -0.2) is 13.8 Å². The van der Waals surface area contributed by atoms with Gasteiger partial charge in [0.05, 0.1) is 21.7 Å². The molecule has 2 heterocycles. The van der Waals surface area contributed by atoms with E-state index in [9.17, 15) is 31.5 Å². The fourth-order valence-electron chi connectivity index (χ4n) is 4.92. The summed E-state index contributed by atoms with van der Waals surface area (Å²) in [5.74, 6) is -2.13. The molecule has 1 aliphatic heterocycles. The van der Waals surface area contributed by atoms with Gasteiger partial charge in [0.1, 0.15) is 11.4 Å². The van der Waals surface area contributed by atoms with Gasteiger partial charge in [0.15, 0.2) is 12.4 Å². The van der Waals surface area contributed by atoms with E-state index in [-0.39, 0.29) is 71.9 Å². The molecule has 1 aromatic heterocycles. The number of carbonyl (C=O) groups excluding carboxylic acids is 2. The molecule has 1 aliphatic carbocycles. The molecule has 8 nitrogen and oxygen atoms in total. The number of fused-ring (bicyclic) bond motifs is 1. The molecular weight excluding hydrogens is 620 g/mol. The Balaban J connectivity index is 1.50. The van der Waals surface area contributed by atoms with Crippen molar-refractivity contribution < 1.29 is 36.3 Å². The molecule has 2 aromatic rings. The molecular formula is C28H30Cl2F5N5O3. The Kier molecular flexibility index (Phi) is 10.7. The van der Waals surface area contributed by atoms with Gasteiger partial charge in [0.2, 0.25) is 11.8 Å². The van der Waals surface area contributed by atoms with Crippen LogP contribution in [0.15, 0.2) is 23.2 Å². The molecule has 0 bridgehead atoms. The first-order chi connectivity index (χ1) is 20.3. The van der Waals surface area contributed by atoms with Crippen molar-refractivity contribution in [1.82, 2.24) is 15.6 Å². The number of carbonyl (C=O) groups is 2. The van der Waals surface area contributed by atoms with Gasteiger partial charge in [0, 0.05) is 31.0 Å². The maximum atomic E-state index is 13.1. The second-order valence-electron chi connectivity index (χ2n) is 10.4. The Labute approximate surface area is 254 Å². The highest BCUT2D eigenvalue weighted by Gasteiger charge is 2.41. The molecule has 1 fully saturated rings. The normalized spacial score (nSPS) is 18.2. The quantitative estimate of drug-likeness (QED) is 0.241. The number of pyridine rings is 1. The number of amidine groups is 1. The number of nitrogens with one attached hydrogen (secondary N) is 3. The lowest BCUT2D eigenvalue weighted by Crippen LogP contribution is -2.40. The zero-order chi connectivity index (χ0) is 31.3. The summed E-state index contributed by atoms with van der Waals surface area (Å²) in [5, 5.41) is 9.08. The van der Waals surface area contributed by atoms with Crippen LogP contribution in [0.2, 0.25) is 10.0 Å². The fourth-order valence-corrected chi connectivity index (χ4v) is 5.45. The third-order valence-electron chi connectivity index (χ3n) is 7.15. The SMILES string of the molecule is CCCC(=O)NCc1ccc(Cl)c(NC2=Nc3nc(OCC(F)F)c(C(=O)NC4CCC(C(F)(F)F)CC4)cc3C2)c1Cl. The average molecular weight is 650 g/mol. The number of aliphatic imine (C=N–C) groups is 1. The summed E-state index contributed by atoms with van der Waals surface area (Å²) in [6, 6.07) is 4.20. The third kappa shape index (κ3) is 8.47. The Hall–Kier alpha value is -3.19. The number of hydrogen-bond acceptors (Lipinski definition) is 6. The minimum atomic E-state index is -4.29. The number of benzene rings is 1. The standard InChI is InChI=1S/C28H30Cl2F5N5O3/c1-2-3-22(41)36-12-14-4-9-19(29)24(23(14)30)38-21-11-15-10-18(27(40-25(15)39-21)43-13-20(31)32)26(42)37-17-7-5-16(6-8-17)28(33,34)35/h4,9-10,16-17,20H,2-3,5-8,11-13H2,1H3,(H,36,41)(H,37,42)(H,38,39,40). The fraction of sp³-hybridized carbons (Fsp3) is 0.500. The number of halogens is 7. The van der Waals surface area contributed by atoms with E-state index in [0.717, 1.165) is 0 Å². The number of nitrogens with zero attached hydrogens (tertiary/aromatic N) is 2. The summed E-state index contributed by atoms with van der Waals surface area (Å²) in [6.45, 7) is 1.05. The zero-order valence-corrected chi connectivity index (χ0v) is 24.6. The van der Waals surface area contributed by atoms with E-state index in [1.807, 2.05) is 6.92 Å². The van der Waals surface area contributed by atoms with E-state index in [1.165, 1.54) is 6.07 Å². The second kappa shape index (κ2) is 14.1. The molecule has 2 amide bonds. The highest BCUT2D eigenvalue weighted by atomic mass is 35.5. The van der Waals surface area contributed by atoms with Crippen molar-refractivity contribution in [2.45, 2.75) is 77.1 Å². The van der Waals surface area contributed by atoms with Gasteiger partial charge in [-0.2, -0.15) is 18.2 Å². The van der Waals surface area contributed by atoms with Crippen LogP contribution >= 0.6 is 23.2 Å². The molecule has 0 atom stereocenters. The van der Waals surface area contributed by atoms with Crippen LogP contribution in [0.5, 0.6) is 5.88 Å². The van der Waals surface area contributed by atoms with Crippen molar-refractivity contribution in [3.8, 4) is 5.88 Å². The second-order valence-corrected chi connectivity index (χ2v) is 11.2. The number of ether oxygens (including phenoxy) is 1. The summed E-state index contributed by atoms with van der Waals surface area (Å²) >= 11 is 13.0. The molecule has 0 radical (unpaired) electrons. The molecule has 2 aliphatic rings. The smallest absolute Gasteiger partial charge is 0.391 e. The van der Waals surface area contributed by atoms with Crippen LogP contribution in [-0.4, -0.2) is 47.9 Å². The monoisotopic (exact) mass is 649 g/mol. The first kappa shape index (κ1) is 32.7. The van der Waals surface area contributed by atoms with Gasteiger partial charge in [-0.3, -0.25) is 9.59 Å². The summed E-state index contributed by atoms with van der Waals surface area (Å²) < 4.78 is 70.1. The highest BCUT2D eigenvalue weighted by Crippen LogP contribution is 2.38. The van der Waals surface area contributed by atoms with Crippen LogP contribution in [0, 0.1) is 5.92 Å². The van der Waals surface area contributed by atoms with E-state index in [1.54, 1.807) is 12.1 Å². The number of aromatic nitrogens is 1. The van der Waals surface area contributed by atoms with E-state index >= 15 is 0 Å². The predicted octanol–water partition coefficient (Wildman–Crippen LogP) is 7.00. The average Bonchev–Trinajstić information content (AvgIpc) is 3.34. The maximum Gasteiger partial charge on any atom is 0.391 e. The molecule has 1 saturated carbocycles. The Bertz CT molecular complexity index is 1380. The van der Waals surface area contributed by atoms with Crippen molar-refractivity contribution in [1.29, 1.82) is 0 Å². The van der Waals surface area contributed by atoms with Gasteiger partial charge in [-0.1, -0.05) is 36.2 Å². The van der Waals surface area contributed by atoms with Crippen molar-refractivity contribution in [2.24, 2.45) is 10.9 Å². The molecule has 3 N–H and O–H groups in total. The van der Waals surface area contributed by atoms with Crippen LogP contribution < -0.4 is 20.7 Å². The summed E-state index contributed by atoms with van der Waals surface area (Å²) in [4.78, 5) is 33.6. The van der Waals surface area contributed by atoms with Crippen molar-refractivity contribution in [3.63, 3.8) is 0 Å². The molecule has 0 saturated heterocycles. The van der Waals surface area contributed by atoms with Crippen molar-refractivity contribution in [3.05, 3.63) is 44.9 Å². The van der Waals surface area contributed by atoms with Gasteiger partial charge in [-0.15, -0.1) is 0 Å². The molecule has 0 unspecified atom stereocenters. The lowest BCUT2D eigenvalue weighted by Gasteiger charge is -2.30. The number of hydrogen-bond donors (Lipinski definition) is 3. The lowest BCUT2D eigenvalue weighted by atomic mass is 9.85. The number of amides is 2. The van der Waals surface area contributed by atoms with Gasteiger partial charge in [-0.05, 0) is 49.8 Å². The lowest BCUT2D eigenvalue weighted by molar-refractivity contribution is -0.182. The van der Waals surface area contributed by atoms with E-state index in [4.69, 9.17) is 27.9 Å². The van der Waals surface area contributed by atoms with Crippen molar-refractivity contribution >= 4 is 52.4 Å². The molecule has 43 heavy (non-hydrogen) atoms. The largest absolute Gasteiger partial charge is 0.471 e. The van der Waals surface area contributed by atoms with Crippen molar-refractivity contribution in [2.75, 3.05) is 11.9 Å². The van der Waals surface area contributed by atoms with Crippen LogP contribution in [0.4, 0.5) is 33.5 Å². The Morgan fingerprint density at radius 1 is 1.14 bits per heavy atom. The first-order valence-electron chi connectivity index (χ1n) is 13.8. The summed E-state index contributed by atoms with van der Waals surface area (Å²) in [5.41, 5.74) is 1.29. The number of rotatable bonds is 10. The van der Waals surface area contributed by atoms with E-state index < -0.39 is 37.1 Å². The van der Waals surface area contributed by atoms with E-state index in [2.05, 4.69) is 25.9 Å². The highest BCUT2D eigenvalue weighted by molar-refractivity contribution is 6.40. The minimum absolute atomic E-state index is 0.119. The Morgan fingerprint density at radius 3 is 2.51 bits per heavy atom. The van der Waals surface area contributed by atoms with E-state index in [0.29, 0.717) is 35.5 Å². The molecule has 4 rings (SSSR count). The van der Waals surface area contributed by atoms with Gasteiger partial charge in [0.25, 0.3) is 12.3 Å². The molecule has 1 aromatic carbocycles. The van der Waals surface area contributed by atoms with Gasteiger partial charge < -0.3 is 20.7 Å². The third-order valence-corrected chi connectivity index (χ3v) is 7.90. The topological polar surface area (TPSA) is 105 Å². The maximum absolute atomic E-state index is 13.1. The zero-order valence-electron chi connectivity index (χ0n) is 23.1. The van der Waals surface area contributed by atoms with Gasteiger partial charge >= 0.3 is 6.18 Å².